The van der Waals surface area contributed by atoms with Crippen LogP contribution in [0.15, 0.2) is 66.2 Å². The first-order valence-electron chi connectivity index (χ1n) is 7.63. The number of carbonyl (C=O) groups is 3. The quantitative estimate of drug-likeness (QED) is 0.269. The zero-order chi connectivity index (χ0) is 17.5. The van der Waals surface area contributed by atoms with E-state index in [1.54, 1.807) is 67.6 Å². The molecule has 0 bridgehead atoms. The Morgan fingerprint density at radius 2 is 1.33 bits per heavy atom. The normalized spacial score (nSPS) is 11.4. The average Bonchev–Trinajstić information content (AvgIpc) is 2.60. The fourth-order valence-corrected chi connectivity index (χ4v) is 2.35. The minimum Gasteiger partial charge on any atom is -0.462 e. The lowest BCUT2D eigenvalue weighted by molar-refractivity contribution is -0.139. The molecule has 0 aromatic heterocycles. The van der Waals surface area contributed by atoms with Gasteiger partial charge in [0.2, 0.25) is 0 Å². The van der Waals surface area contributed by atoms with E-state index in [2.05, 4.69) is 0 Å². The van der Waals surface area contributed by atoms with Gasteiger partial charge in [-0.15, -0.1) is 0 Å². The largest absolute Gasteiger partial charge is 0.462 e. The van der Waals surface area contributed by atoms with Crippen LogP contribution in [0.4, 0.5) is 0 Å². The second-order valence-corrected chi connectivity index (χ2v) is 5.09. The molecule has 0 heterocycles. The third kappa shape index (κ3) is 3.84. The van der Waals surface area contributed by atoms with Gasteiger partial charge in [-0.05, 0) is 19.4 Å². The van der Waals surface area contributed by atoms with E-state index in [0.717, 1.165) is 0 Å². The predicted octanol–water partition coefficient (Wildman–Crippen LogP) is 3.48. The molecule has 4 heteroatoms. The number of benzene rings is 2. The summed E-state index contributed by atoms with van der Waals surface area (Å²) in [5.41, 5.74) is 0.744. The summed E-state index contributed by atoms with van der Waals surface area (Å²) < 4.78 is 4.98. The van der Waals surface area contributed by atoms with E-state index in [1.807, 2.05) is 0 Å². The van der Waals surface area contributed by atoms with Crippen LogP contribution >= 0.6 is 0 Å². The van der Waals surface area contributed by atoms with Crippen molar-refractivity contribution in [1.29, 1.82) is 0 Å². The van der Waals surface area contributed by atoms with Crippen molar-refractivity contribution in [2.24, 2.45) is 0 Å². The zero-order valence-corrected chi connectivity index (χ0v) is 13.6. The minimum absolute atomic E-state index is 0.0627. The van der Waals surface area contributed by atoms with Gasteiger partial charge in [-0.3, -0.25) is 9.59 Å². The molecule has 0 aliphatic rings. The van der Waals surface area contributed by atoms with Gasteiger partial charge in [0.1, 0.15) is 5.57 Å². The summed E-state index contributed by atoms with van der Waals surface area (Å²) in [4.78, 5) is 37.4. The van der Waals surface area contributed by atoms with Gasteiger partial charge in [-0.1, -0.05) is 60.7 Å². The highest BCUT2D eigenvalue weighted by Crippen LogP contribution is 2.25. The molecule has 2 rings (SSSR count). The number of rotatable bonds is 6. The van der Waals surface area contributed by atoms with Crippen LogP contribution in [0, 0.1) is 0 Å². The van der Waals surface area contributed by atoms with Gasteiger partial charge in [0.15, 0.2) is 11.6 Å². The number of hydrogen-bond acceptors (Lipinski definition) is 4. The molecule has 0 radical (unpaired) electrons. The van der Waals surface area contributed by atoms with Crippen LogP contribution in [0.3, 0.4) is 0 Å². The first-order valence-corrected chi connectivity index (χ1v) is 7.63. The standard InChI is InChI=1S/C20H18O4/c1-3-24-20(23)17(14(2)21)18(15-10-6-4-7-11-15)19(22)16-12-8-5-9-13-16/h4-13H,3H2,1-2H3/b18-17+. The molecule has 0 atom stereocenters. The molecule has 0 saturated heterocycles. The zero-order valence-electron chi connectivity index (χ0n) is 13.6. The van der Waals surface area contributed by atoms with E-state index in [1.165, 1.54) is 6.92 Å². The molecule has 0 aliphatic carbocycles. The highest BCUT2D eigenvalue weighted by atomic mass is 16.5. The Balaban J connectivity index is 2.70. The number of ketones is 2. The molecule has 0 N–H and O–H groups in total. The van der Waals surface area contributed by atoms with Crippen molar-refractivity contribution >= 4 is 23.1 Å². The van der Waals surface area contributed by atoms with Crippen LogP contribution in [0.2, 0.25) is 0 Å². The molecule has 0 amide bonds. The highest BCUT2D eigenvalue weighted by molar-refractivity contribution is 6.39. The lowest BCUT2D eigenvalue weighted by Gasteiger charge is -2.12. The molecule has 2 aromatic rings. The van der Waals surface area contributed by atoms with Crippen molar-refractivity contribution < 1.29 is 19.1 Å². The third-order valence-corrected chi connectivity index (χ3v) is 3.41. The number of allylic oxidation sites excluding steroid dienone is 1. The summed E-state index contributed by atoms with van der Waals surface area (Å²) >= 11 is 0. The SMILES string of the molecule is CCOC(=O)/C(C(C)=O)=C(/C(=O)c1ccccc1)c1ccccc1. The third-order valence-electron chi connectivity index (χ3n) is 3.41. The second-order valence-electron chi connectivity index (χ2n) is 5.09. The number of hydrogen-bond donors (Lipinski definition) is 0. The van der Waals surface area contributed by atoms with Gasteiger partial charge in [0.25, 0.3) is 0 Å². The molecular weight excluding hydrogens is 304 g/mol. The molecule has 122 valence electrons. The second kappa shape index (κ2) is 8.02. The van der Waals surface area contributed by atoms with Gasteiger partial charge in [-0.25, -0.2) is 4.79 Å². The van der Waals surface area contributed by atoms with E-state index >= 15 is 0 Å². The number of Topliss-reactive ketones (excluding diaryl/α,β-unsaturated/α-hetero) is 2. The topological polar surface area (TPSA) is 60.4 Å². The van der Waals surface area contributed by atoms with Crippen molar-refractivity contribution in [3.8, 4) is 0 Å². The maximum atomic E-state index is 13.0. The van der Waals surface area contributed by atoms with E-state index in [4.69, 9.17) is 4.74 Å². The van der Waals surface area contributed by atoms with E-state index in [-0.39, 0.29) is 23.5 Å². The van der Waals surface area contributed by atoms with Crippen LogP contribution in [0.5, 0.6) is 0 Å². The number of esters is 1. The maximum Gasteiger partial charge on any atom is 0.342 e. The Morgan fingerprint density at radius 1 is 0.833 bits per heavy atom. The van der Waals surface area contributed by atoms with Crippen molar-refractivity contribution in [3.63, 3.8) is 0 Å². The predicted molar refractivity (Wildman–Crippen MR) is 91.4 cm³/mol. The van der Waals surface area contributed by atoms with Crippen LogP contribution in [0.1, 0.15) is 29.8 Å². The minimum atomic E-state index is -0.784. The number of carbonyl (C=O) groups excluding carboxylic acids is 3. The van der Waals surface area contributed by atoms with Gasteiger partial charge in [0.05, 0.1) is 6.61 Å². The summed E-state index contributed by atoms with van der Waals surface area (Å²) in [6, 6.07) is 17.2. The molecule has 0 aliphatic heterocycles. The van der Waals surface area contributed by atoms with Crippen molar-refractivity contribution in [2.45, 2.75) is 13.8 Å². The molecular formula is C20H18O4. The van der Waals surface area contributed by atoms with Crippen LogP contribution in [0.25, 0.3) is 5.57 Å². The molecule has 0 saturated carbocycles. The molecule has 4 nitrogen and oxygen atoms in total. The smallest absolute Gasteiger partial charge is 0.342 e. The summed E-state index contributed by atoms with van der Waals surface area (Å²) in [5.74, 6) is -1.68. The van der Waals surface area contributed by atoms with Crippen molar-refractivity contribution in [3.05, 3.63) is 77.4 Å². The summed E-state index contributed by atoms with van der Waals surface area (Å²) in [7, 11) is 0. The Bertz CT molecular complexity index is 774. The fraction of sp³-hybridized carbons (Fsp3) is 0.150. The van der Waals surface area contributed by atoms with Crippen LogP contribution in [-0.2, 0) is 14.3 Å². The van der Waals surface area contributed by atoms with Gasteiger partial charge in [-0.2, -0.15) is 0 Å². The van der Waals surface area contributed by atoms with Gasteiger partial charge < -0.3 is 4.74 Å². The Kier molecular flexibility index (Phi) is 5.79. The van der Waals surface area contributed by atoms with Crippen molar-refractivity contribution in [1.82, 2.24) is 0 Å². The Hall–Kier alpha value is -3.01. The summed E-state index contributed by atoms with van der Waals surface area (Å²) in [6.45, 7) is 3.03. The molecule has 0 fully saturated rings. The number of ether oxygens (including phenoxy) is 1. The van der Waals surface area contributed by atoms with Crippen LogP contribution < -0.4 is 0 Å². The lowest BCUT2D eigenvalue weighted by Crippen LogP contribution is -2.19. The Labute approximate surface area is 140 Å². The molecule has 2 aromatic carbocycles. The monoisotopic (exact) mass is 322 g/mol. The average molecular weight is 322 g/mol. The van der Waals surface area contributed by atoms with E-state index < -0.39 is 11.8 Å². The van der Waals surface area contributed by atoms with Gasteiger partial charge >= 0.3 is 5.97 Å². The maximum absolute atomic E-state index is 13.0. The van der Waals surface area contributed by atoms with Gasteiger partial charge in [0, 0.05) is 11.1 Å². The summed E-state index contributed by atoms with van der Waals surface area (Å²) in [5, 5.41) is 0. The summed E-state index contributed by atoms with van der Waals surface area (Å²) in [6.07, 6.45) is 0. The Morgan fingerprint density at radius 3 is 1.79 bits per heavy atom. The van der Waals surface area contributed by atoms with Crippen LogP contribution in [-0.4, -0.2) is 24.1 Å². The van der Waals surface area contributed by atoms with Crippen molar-refractivity contribution in [2.75, 3.05) is 6.61 Å². The van der Waals surface area contributed by atoms with E-state index in [0.29, 0.717) is 11.1 Å². The first kappa shape index (κ1) is 17.3. The lowest BCUT2D eigenvalue weighted by atomic mass is 9.91. The molecule has 0 spiro atoms. The molecule has 24 heavy (non-hydrogen) atoms. The van der Waals surface area contributed by atoms with E-state index in [9.17, 15) is 14.4 Å². The first-order chi connectivity index (χ1) is 11.6. The highest BCUT2D eigenvalue weighted by Gasteiger charge is 2.27. The fourth-order valence-electron chi connectivity index (χ4n) is 2.35. The molecule has 0 unspecified atom stereocenters.